The van der Waals surface area contributed by atoms with Crippen molar-refractivity contribution < 1.29 is 14.2 Å². The van der Waals surface area contributed by atoms with Crippen LogP contribution in [0.25, 0.3) is 0 Å². The zero-order chi connectivity index (χ0) is 20.2. The first kappa shape index (κ1) is 20.6. The molecule has 29 heavy (non-hydrogen) atoms. The van der Waals surface area contributed by atoms with Crippen molar-refractivity contribution in [3.8, 4) is 17.2 Å². The van der Waals surface area contributed by atoms with Gasteiger partial charge >= 0.3 is 0 Å². The van der Waals surface area contributed by atoms with Gasteiger partial charge in [-0.1, -0.05) is 43.7 Å². The van der Waals surface area contributed by atoms with E-state index in [9.17, 15) is 0 Å². The van der Waals surface area contributed by atoms with Crippen LogP contribution in [0.4, 0.5) is 5.69 Å². The van der Waals surface area contributed by atoms with Gasteiger partial charge in [0, 0.05) is 12.2 Å². The molecule has 0 fully saturated rings. The first-order chi connectivity index (χ1) is 14.3. The topological polar surface area (TPSA) is 39.7 Å². The molecule has 0 radical (unpaired) electrons. The molecule has 0 aromatic heterocycles. The average Bonchev–Trinajstić information content (AvgIpc) is 2.78. The molecule has 0 unspecified atom stereocenters. The van der Waals surface area contributed by atoms with Gasteiger partial charge in [-0.3, -0.25) is 0 Å². The molecule has 0 bridgehead atoms. The summed E-state index contributed by atoms with van der Waals surface area (Å²) >= 11 is 0. The molecule has 3 aromatic rings. The second kappa shape index (κ2) is 11.6. The smallest absolute Gasteiger partial charge is 0.122 e. The highest BCUT2D eigenvalue weighted by atomic mass is 16.5. The fraction of sp³-hybridized carbons (Fsp3) is 0.280. The van der Waals surface area contributed by atoms with E-state index in [2.05, 4.69) is 24.4 Å². The van der Waals surface area contributed by atoms with Crippen molar-refractivity contribution in [3.63, 3.8) is 0 Å². The lowest BCUT2D eigenvalue weighted by atomic mass is 10.2. The van der Waals surface area contributed by atoms with E-state index in [-0.39, 0.29) is 0 Å². The standard InChI is InChI=1S/C25H29NO3/c1-2-3-17-27-25-15-11-22(12-16-25)26-20-21-9-13-24(14-10-21)29-19-18-28-23-7-5-4-6-8-23/h4-16,26H,2-3,17-20H2,1H3. The molecule has 0 aliphatic heterocycles. The maximum Gasteiger partial charge on any atom is 0.122 e. The van der Waals surface area contributed by atoms with Crippen LogP contribution in [0.2, 0.25) is 0 Å². The first-order valence-electron chi connectivity index (χ1n) is 10.2. The quantitative estimate of drug-likeness (QED) is 0.388. The van der Waals surface area contributed by atoms with Crippen LogP contribution in [0.15, 0.2) is 78.9 Å². The van der Waals surface area contributed by atoms with Crippen molar-refractivity contribution in [3.05, 3.63) is 84.4 Å². The van der Waals surface area contributed by atoms with E-state index in [1.165, 1.54) is 5.56 Å². The molecule has 0 atom stereocenters. The van der Waals surface area contributed by atoms with Gasteiger partial charge in [-0.2, -0.15) is 0 Å². The van der Waals surface area contributed by atoms with Crippen LogP contribution in [-0.4, -0.2) is 19.8 Å². The summed E-state index contributed by atoms with van der Waals surface area (Å²) in [6, 6.07) is 26.0. The Labute approximate surface area is 173 Å². The third-order valence-corrected chi connectivity index (χ3v) is 4.40. The normalized spacial score (nSPS) is 10.4. The Kier molecular flexibility index (Phi) is 8.27. The van der Waals surface area contributed by atoms with Crippen molar-refractivity contribution in [1.82, 2.24) is 0 Å². The predicted molar refractivity (Wildman–Crippen MR) is 118 cm³/mol. The van der Waals surface area contributed by atoms with Gasteiger partial charge in [0.15, 0.2) is 0 Å². The number of nitrogens with one attached hydrogen (secondary N) is 1. The van der Waals surface area contributed by atoms with Gasteiger partial charge in [-0.25, -0.2) is 0 Å². The second-order valence-corrected chi connectivity index (χ2v) is 6.73. The summed E-state index contributed by atoms with van der Waals surface area (Å²) in [6.07, 6.45) is 2.23. The van der Waals surface area contributed by atoms with E-state index < -0.39 is 0 Å². The molecule has 0 aliphatic carbocycles. The Morgan fingerprint density at radius 1 is 0.621 bits per heavy atom. The molecule has 4 nitrogen and oxygen atoms in total. The van der Waals surface area contributed by atoms with Crippen molar-refractivity contribution in [2.75, 3.05) is 25.1 Å². The zero-order valence-corrected chi connectivity index (χ0v) is 17.0. The number of ether oxygens (including phenoxy) is 3. The fourth-order valence-corrected chi connectivity index (χ4v) is 2.75. The molecule has 0 saturated carbocycles. The molecular weight excluding hydrogens is 362 g/mol. The van der Waals surface area contributed by atoms with E-state index in [1.54, 1.807) is 0 Å². The number of benzene rings is 3. The van der Waals surface area contributed by atoms with E-state index >= 15 is 0 Å². The van der Waals surface area contributed by atoms with Crippen LogP contribution >= 0.6 is 0 Å². The monoisotopic (exact) mass is 391 g/mol. The van der Waals surface area contributed by atoms with Crippen LogP contribution in [0.5, 0.6) is 17.2 Å². The Morgan fingerprint density at radius 3 is 1.79 bits per heavy atom. The first-order valence-corrected chi connectivity index (χ1v) is 10.2. The largest absolute Gasteiger partial charge is 0.494 e. The maximum atomic E-state index is 5.74. The summed E-state index contributed by atoms with van der Waals surface area (Å²) in [5, 5.41) is 3.43. The van der Waals surface area contributed by atoms with Gasteiger partial charge in [-0.15, -0.1) is 0 Å². The van der Waals surface area contributed by atoms with Gasteiger partial charge in [0.1, 0.15) is 30.5 Å². The molecule has 4 heteroatoms. The second-order valence-electron chi connectivity index (χ2n) is 6.73. The lowest BCUT2D eigenvalue weighted by Crippen LogP contribution is -2.09. The van der Waals surface area contributed by atoms with Gasteiger partial charge in [0.25, 0.3) is 0 Å². The summed E-state index contributed by atoms with van der Waals surface area (Å²) in [4.78, 5) is 0. The van der Waals surface area contributed by atoms with Gasteiger partial charge in [0.2, 0.25) is 0 Å². The fourth-order valence-electron chi connectivity index (χ4n) is 2.75. The third kappa shape index (κ3) is 7.41. The van der Waals surface area contributed by atoms with E-state index in [1.807, 2.05) is 66.7 Å². The number of hydrogen-bond acceptors (Lipinski definition) is 4. The summed E-state index contributed by atoms with van der Waals surface area (Å²) in [5.74, 6) is 2.62. The molecule has 3 rings (SSSR count). The lowest BCUT2D eigenvalue weighted by Gasteiger charge is -2.10. The van der Waals surface area contributed by atoms with E-state index in [0.29, 0.717) is 13.2 Å². The van der Waals surface area contributed by atoms with Crippen LogP contribution in [0.3, 0.4) is 0 Å². The van der Waals surface area contributed by atoms with Gasteiger partial charge in [0.05, 0.1) is 6.61 Å². The molecule has 0 saturated heterocycles. The maximum absolute atomic E-state index is 5.74. The molecule has 0 spiro atoms. The molecule has 0 heterocycles. The van der Waals surface area contributed by atoms with E-state index in [4.69, 9.17) is 14.2 Å². The summed E-state index contributed by atoms with van der Waals surface area (Å²) in [7, 11) is 0. The predicted octanol–water partition coefficient (Wildman–Crippen LogP) is 5.94. The highest BCUT2D eigenvalue weighted by Crippen LogP contribution is 2.18. The van der Waals surface area contributed by atoms with E-state index in [0.717, 1.165) is 48.9 Å². The molecule has 0 aliphatic rings. The van der Waals surface area contributed by atoms with Crippen LogP contribution in [0.1, 0.15) is 25.3 Å². The number of unbranched alkanes of at least 4 members (excludes halogenated alkanes) is 1. The van der Waals surface area contributed by atoms with Gasteiger partial charge < -0.3 is 19.5 Å². The van der Waals surface area contributed by atoms with Crippen molar-refractivity contribution in [2.45, 2.75) is 26.3 Å². The summed E-state index contributed by atoms with van der Waals surface area (Å²) in [5.41, 5.74) is 2.27. The molecule has 152 valence electrons. The van der Waals surface area contributed by atoms with Crippen molar-refractivity contribution in [2.24, 2.45) is 0 Å². The van der Waals surface area contributed by atoms with Crippen LogP contribution in [0, 0.1) is 0 Å². The highest BCUT2D eigenvalue weighted by molar-refractivity contribution is 5.47. The number of hydrogen-bond donors (Lipinski definition) is 1. The Hall–Kier alpha value is -3.14. The number of para-hydroxylation sites is 1. The zero-order valence-electron chi connectivity index (χ0n) is 17.0. The SMILES string of the molecule is CCCCOc1ccc(NCc2ccc(OCCOc3ccccc3)cc2)cc1. The third-order valence-electron chi connectivity index (χ3n) is 4.40. The molecule has 3 aromatic carbocycles. The van der Waals surface area contributed by atoms with Crippen molar-refractivity contribution in [1.29, 1.82) is 0 Å². The minimum atomic E-state index is 0.513. The average molecular weight is 392 g/mol. The van der Waals surface area contributed by atoms with Gasteiger partial charge in [-0.05, 0) is 60.5 Å². The minimum Gasteiger partial charge on any atom is -0.494 e. The Balaban J connectivity index is 1.36. The Morgan fingerprint density at radius 2 is 1.17 bits per heavy atom. The minimum absolute atomic E-state index is 0.513. The Bertz CT molecular complexity index is 817. The summed E-state index contributed by atoms with van der Waals surface area (Å²) in [6.45, 7) is 4.73. The van der Waals surface area contributed by atoms with Crippen molar-refractivity contribution >= 4 is 5.69 Å². The highest BCUT2D eigenvalue weighted by Gasteiger charge is 1.99. The molecule has 0 amide bonds. The number of anilines is 1. The molecule has 1 N–H and O–H groups in total. The molecular formula is C25H29NO3. The van der Waals surface area contributed by atoms with Crippen LogP contribution < -0.4 is 19.5 Å². The lowest BCUT2D eigenvalue weighted by molar-refractivity contribution is 0.217. The number of rotatable bonds is 12. The summed E-state index contributed by atoms with van der Waals surface area (Å²) < 4.78 is 17.1. The van der Waals surface area contributed by atoms with Crippen LogP contribution in [-0.2, 0) is 6.54 Å².